The highest BCUT2D eigenvalue weighted by Gasteiger charge is 2.35. The van der Waals surface area contributed by atoms with Gasteiger partial charge in [-0.15, -0.1) is 0 Å². The molecule has 2 rings (SSSR count). The number of benzene rings is 1. The molecular formula is C20H32O. The first-order valence-corrected chi connectivity index (χ1v) is 9.01. The minimum Gasteiger partial charge on any atom is -0.395 e. The van der Waals surface area contributed by atoms with Crippen LogP contribution in [0.25, 0.3) is 0 Å². The first-order chi connectivity index (χ1) is 10.3. The molecule has 0 saturated heterocycles. The number of hydrogen-bond donors (Lipinski definition) is 1. The number of aryl methyl sites for hydroxylation is 1. The lowest BCUT2D eigenvalue weighted by Gasteiger charge is -2.38. The molecule has 0 amide bonds. The molecule has 0 heterocycles. The van der Waals surface area contributed by atoms with Crippen LogP contribution in [-0.2, 0) is 11.8 Å². The molecule has 0 aliphatic heterocycles. The van der Waals surface area contributed by atoms with Crippen molar-refractivity contribution in [2.45, 2.75) is 83.0 Å². The van der Waals surface area contributed by atoms with Gasteiger partial charge in [-0.05, 0) is 36.8 Å². The summed E-state index contributed by atoms with van der Waals surface area (Å²) in [6.45, 7) is 2.59. The maximum atomic E-state index is 10.1. The largest absolute Gasteiger partial charge is 0.395 e. The van der Waals surface area contributed by atoms with Crippen LogP contribution in [0.1, 0.15) is 82.3 Å². The van der Waals surface area contributed by atoms with Gasteiger partial charge in [0.1, 0.15) is 0 Å². The van der Waals surface area contributed by atoms with E-state index < -0.39 is 0 Å². The van der Waals surface area contributed by atoms with Crippen molar-refractivity contribution in [1.82, 2.24) is 0 Å². The van der Waals surface area contributed by atoms with Crippen molar-refractivity contribution in [2.75, 3.05) is 6.61 Å². The molecule has 1 heteroatoms. The van der Waals surface area contributed by atoms with E-state index in [2.05, 4.69) is 31.2 Å². The van der Waals surface area contributed by atoms with Gasteiger partial charge in [0.15, 0.2) is 0 Å². The molecule has 0 fully saturated rings. The van der Waals surface area contributed by atoms with Gasteiger partial charge in [-0.25, -0.2) is 0 Å². The van der Waals surface area contributed by atoms with Crippen LogP contribution < -0.4 is 0 Å². The van der Waals surface area contributed by atoms with Crippen LogP contribution in [0, 0.1) is 0 Å². The molecule has 0 bridgehead atoms. The van der Waals surface area contributed by atoms with E-state index in [0.717, 1.165) is 12.8 Å². The number of fused-ring (bicyclic) bond motifs is 1. The summed E-state index contributed by atoms with van der Waals surface area (Å²) in [5.74, 6) is 0. The number of rotatable bonds is 9. The molecule has 21 heavy (non-hydrogen) atoms. The van der Waals surface area contributed by atoms with Gasteiger partial charge in [0.05, 0.1) is 6.61 Å². The first-order valence-electron chi connectivity index (χ1n) is 9.01. The number of hydrogen-bond acceptors (Lipinski definition) is 1. The molecule has 1 aliphatic carbocycles. The summed E-state index contributed by atoms with van der Waals surface area (Å²) in [6, 6.07) is 8.79. The minimum absolute atomic E-state index is 0.0538. The Hall–Kier alpha value is -0.820. The molecular weight excluding hydrogens is 256 g/mol. The van der Waals surface area contributed by atoms with Crippen molar-refractivity contribution in [3.05, 3.63) is 35.4 Å². The molecule has 1 atom stereocenters. The van der Waals surface area contributed by atoms with Crippen molar-refractivity contribution in [3.63, 3.8) is 0 Å². The van der Waals surface area contributed by atoms with Crippen LogP contribution in [0.15, 0.2) is 24.3 Å². The van der Waals surface area contributed by atoms with Crippen LogP contribution in [-0.4, -0.2) is 11.7 Å². The zero-order valence-electron chi connectivity index (χ0n) is 13.7. The van der Waals surface area contributed by atoms with E-state index in [1.807, 2.05) is 0 Å². The standard InChI is InChI=1S/C20H32O/c1-2-3-4-5-6-7-10-15-20(17-21)16-11-13-18-12-8-9-14-19(18)20/h8-9,12,14,21H,2-7,10-11,13,15-17H2,1H3. The fraction of sp³-hybridized carbons (Fsp3) is 0.700. The minimum atomic E-state index is 0.0538. The van der Waals surface area contributed by atoms with Crippen LogP contribution in [0.5, 0.6) is 0 Å². The Balaban J connectivity index is 1.85. The van der Waals surface area contributed by atoms with E-state index in [1.165, 1.54) is 68.9 Å². The molecule has 1 unspecified atom stereocenters. The predicted octanol–water partition coefficient (Wildman–Crippen LogP) is 5.39. The fourth-order valence-corrected chi connectivity index (χ4v) is 3.93. The quantitative estimate of drug-likeness (QED) is 0.604. The summed E-state index contributed by atoms with van der Waals surface area (Å²) >= 11 is 0. The van der Waals surface area contributed by atoms with Crippen molar-refractivity contribution in [3.8, 4) is 0 Å². The third-order valence-electron chi connectivity index (χ3n) is 5.25. The Bertz CT molecular complexity index is 412. The second-order valence-corrected chi connectivity index (χ2v) is 6.82. The molecule has 118 valence electrons. The molecule has 1 N–H and O–H groups in total. The maximum Gasteiger partial charge on any atom is 0.0528 e. The summed E-state index contributed by atoms with van der Waals surface area (Å²) in [4.78, 5) is 0. The van der Waals surface area contributed by atoms with E-state index in [0.29, 0.717) is 6.61 Å². The number of aliphatic hydroxyl groups is 1. The highest BCUT2D eigenvalue weighted by Crippen LogP contribution is 2.40. The Morgan fingerprint density at radius 2 is 1.71 bits per heavy atom. The normalized spacial score (nSPS) is 21.2. The molecule has 0 aromatic heterocycles. The lowest BCUT2D eigenvalue weighted by atomic mass is 9.68. The second kappa shape index (κ2) is 8.58. The van der Waals surface area contributed by atoms with Crippen molar-refractivity contribution >= 4 is 0 Å². The molecule has 1 nitrogen and oxygen atoms in total. The third-order valence-corrected chi connectivity index (χ3v) is 5.25. The summed E-state index contributed by atoms with van der Waals surface area (Å²) in [7, 11) is 0. The van der Waals surface area contributed by atoms with Crippen LogP contribution in [0.2, 0.25) is 0 Å². The highest BCUT2D eigenvalue weighted by atomic mass is 16.3. The summed E-state index contributed by atoms with van der Waals surface area (Å²) in [6.07, 6.45) is 14.2. The van der Waals surface area contributed by atoms with Crippen molar-refractivity contribution < 1.29 is 5.11 Å². The Kier molecular flexibility index (Phi) is 6.76. The fourth-order valence-electron chi connectivity index (χ4n) is 3.93. The summed E-state index contributed by atoms with van der Waals surface area (Å²) in [5.41, 5.74) is 2.96. The zero-order chi connectivity index (χ0) is 15.0. The molecule has 1 aliphatic rings. The third kappa shape index (κ3) is 4.32. The van der Waals surface area contributed by atoms with Crippen LogP contribution in [0.4, 0.5) is 0 Å². The molecule has 0 spiro atoms. The van der Waals surface area contributed by atoms with E-state index in [-0.39, 0.29) is 5.41 Å². The van der Waals surface area contributed by atoms with Crippen LogP contribution >= 0.6 is 0 Å². The number of unbranched alkanes of at least 4 members (excludes halogenated alkanes) is 6. The topological polar surface area (TPSA) is 20.2 Å². The van der Waals surface area contributed by atoms with Gasteiger partial charge in [0, 0.05) is 5.41 Å². The average Bonchev–Trinajstić information content (AvgIpc) is 2.54. The van der Waals surface area contributed by atoms with E-state index in [9.17, 15) is 5.11 Å². The Morgan fingerprint density at radius 1 is 1.00 bits per heavy atom. The van der Waals surface area contributed by atoms with Gasteiger partial charge in [-0.2, -0.15) is 0 Å². The molecule has 0 radical (unpaired) electrons. The predicted molar refractivity (Wildman–Crippen MR) is 90.8 cm³/mol. The van der Waals surface area contributed by atoms with Gasteiger partial charge >= 0.3 is 0 Å². The second-order valence-electron chi connectivity index (χ2n) is 6.82. The Labute approximate surface area is 130 Å². The number of aliphatic hydroxyl groups excluding tert-OH is 1. The van der Waals surface area contributed by atoms with Gasteiger partial charge < -0.3 is 5.11 Å². The smallest absolute Gasteiger partial charge is 0.0528 e. The van der Waals surface area contributed by atoms with E-state index >= 15 is 0 Å². The average molecular weight is 288 g/mol. The van der Waals surface area contributed by atoms with Gasteiger partial charge in [0.2, 0.25) is 0 Å². The monoisotopic (exact) mass is 288 g/mol. The summed E-state index contributed by atoms with van der Waals surface area (Å²) in [5, 5.41) is 10.1. The highest BCUT2D eigenvalue weighted by molar-refractivity contribution is 5.36. The Morgan fingerprint density at radius 3 is 2.48 bits per heavy atom. The SMILES string of the molecule is CCCCCCCCCC1(CO)CCCc2ccccc21. The maximum absolute atomic E-state index is 10.1. The van der Waals surface area contributed by atoms with Gasteiger partial charge in [-0.1, -0.05) is 76.1 Å². The van der Waals surface area contributed by atoms with E-state index in [4.69, 9.17) is 0 Å². The lowest BCUT2D eigenvalue weighted by molar-refractivity contribution is 0.161. The summed E-state index contributed by atoms with van der Waals surface area (Å²) < 4.78 is 0. The lowest BCUT2D eigenvalue weighted by Crippen LogP contribution is -2.34. The first kappa shape index (κ1) is 16.5. The molecule has 1 aromatic rings. The molecule has 1 aromatic carbocycles. The van der Waals surface area contributed by atoms with Gasteiger partial charge in [-0.3, -0.25) is 0 Å². The van der Waals surface area contributed by atoms with Crippen LogP contribution in [0.3, 0.4) is 0 Å². The van der Waals surface area contributed by atoms with E-state index in [1.54, 1.807) is 0 Å². The van der Waals surface area contributed by atoms with Crippen molar-refractivity contribution in [2.24, 2.45) is 0 Å². The zero-order valence-corrected chi connectivity index (χ0v) is 13.7. The van der Waals surface area contributed by atoms with Gasteiger partial charge in [0.25, 0.3) is 0 Å². The van der Waals surface area contributed by atoms with Crippen molar-refractivity contribution in [1.29, 1.82) is 0 Å². The molecule has 0 saturated carbocycles.